The molecule has 2 aliphatic rings. The van der Waals surface area contributed by atoms with Crippen molar-refractivity contribution in [1.82, 2.24) is 14.8 Å². The van der Waals surface area contributed by atoms with Crippen molar-refractivity contribution in [3.63, 3.8) is 0 Å². The molecule has 0 spiro atoms. The first-order valence-corrected chi connectivity index (χ1v) is 11.5. The van der Waals surface area contributed by atoms with E-state index in [-0.39, 0.29) is 17.4 Å². The monoisotopic (exact) mass is 462 g/mol. The van der Waals surface area contributed by atoms with E-state index in [2.05, 4.69) is 16.8 Å². The van der Waals surface area contributed by atoms with Gasteiger partial charge in [-0.25, -0.2) is 0 Å². The van der Waals surface area contributed by atoms with Crippen molar-refractivity contribution in [3.8, 4) is 11.5 Å². The van der Waals surface area contributed by atoms with E-state index in [0.717, 1.165) is 11.3 Å². The second kappa shape index (κ2) is 8.74. The number of Topliss-reactive ketones (excluding diaryl/α,β-unsaturated/α-hetero) is 1. The number of amides is 1. The topological polar surface area (TPSA) is 86.6 Å². The number of carbonyl (C=O) groups excluding carboxylic acids is 2. The highest BCUT2D eigenvalue weighted by molar-refractivity contribution is 7.99. The molecule has 1 atom stereocenters. The molecule has 0 fully saturated rings. The van der Waals surface area contributed by atoms with E-state index in [9.17, 15) is 9.59 Å². The number of rotatable bonds is 7. The number of hydrogen-bond acceptors (Lipinski definition) is 7. The van der Waals surface area contributed by atoms with Crippen LogP contribution in [0.5, 0.6) is 11.5 Å². The molecule has 0 saturated carbocycles. The third-order valence-electron chi connectivity index (χ3n) is 5.66. The minimum absolute atomic E-state index is 0.0329. The lowest BCUT2D eigenvalue weighted by Gasteiger charge is -2.26. The lowest BCUT2D eigenvalue weighted by Crippen LogP contribution is -2.25. The Kier molecular flexibility index (Phi) is 5.63. The van der Waals surface area contributed by atoms with Gasteiger partial charge in [0.05, 0.1) is 12.2 Å². The molecule has 3 heterocycles. The molecule has 0 bridgehead atoms. The number of likely N-dealkylation sites (N-methyl/N-ethyl adjacent to an activating group) is 1. The number of allylic oxidation sites excluding steroid dienone is 1. The fourth-order valence-corrected chi connectivity index (χ4v) is 4.80. The molecular formula is C24H22N4O4S. The number of carbonyl (C=O) groups is 2. The standard InChI is InChI=1S/C24H22N4O4S/c1-3-10-28-23(21-13-31-19-6-4-5-7-20(19)32-21)25-26-24(28)33-14-18(29)15-8-9-17-16(11-15)12-22(30)27(17)2/h3-9,11,21H,1,10,12-14H2,2H3. The zero-order valence-corrected chi connectivity index (χ0v) is 18.9. The van der Waals surface area contributed by atoms with Crippen LogP contribution in [0.4, 0.5) is 5.69 Å². The number of anilines is 1. The summed E-state index contributed by atoms with van der Waals surface area (Å²) in [6.45, 7) is 4.63. The Balaban J connectivity index is 1.31. The molecule has 1 amide bonds. The summed E-state index contributed by atoms with van der Waals surface area (Å²) in [5, 5.41) is 9.24. The van der Waals surface area contributed by atoms with E-state index in [0.29, 0.717) is 47.6 Å². The second-order valence-corrected chi connectivity index (χ2v) is 8.73. The van der Waals surface area contributed by atoms with Crippen LogP contribution >= 0.6 is 11.8 Å². The van der Waals surface area contributed by atoms with Gasteiger partial charge in [-0.2, -0.15) is 0 Å². The zero-order chi connectivity index (χ0) is 22.9. The van der Waals surface area contributed by atoms with Crippen LogP contribution in [0.3, 0.4) is 0 Å². The molecule has 0 radical (unpaired) electrons. The summed E-state index contributed by atoms with van der Waals surface area (Å²) in [6.07, 6.45) is 1.66. The number of benzene rings is 2. The van der Waals surface area contributed by atoms with E-state index < -0.39 is 6.10 Å². The molecule has 0 aliphatic carbocycles. The summed E-state index contributed by atoms with van der Waals surface area (Å²) in [6, 6.07) is 12.9. The number of hydrogen-bond donors (Lipinski definition) is 0. The van der Waals surface area contributed by atoms with E-state index in [1.807, 2.05) is 41.0 Å². The maximum atomic E-state index is 12.9. The first-order valence-electron chi connectivity index (χ1n) is 10.5. The maximum Gasteiger partial charge on any atom is 0.231 e. The molecule has 0 N–H and O–H groups in total. The normalized spacial score (nSPS) is 16.6. The Morgan fingerprint density at radius 1 is 1.24 bits per heavy atom. The molecule has 5 rings (SSSR count). The third-order valence-corrected chi connectivity index (χ3v) is 6.63. The summed E-state index contributed by atoms with van der Waals surface area (Å²) in [4.78, 5) is 26.4. The van der Waals surface area contributed by atoms with Crippen LogP contribution < -0.4 is 14.4 Å². The lowest BCUT2D eigenvalue weighted by molar-refractivity contribution is -0.117. The average molecular weight is 463 g/mol. The summed E-state index contributed by atoms with van der Waals surface area (Å²) in [5.74, 6) is 2.18. The van der Waals surface area contributed by atoms with Crippen molar-refractivity contribution in [1.29, 1.82) is 0 Å². The van der Waals surface area contributed by atoms with Crippen LogP contribution in [0.15, 0.2) is 60.3 Å². The minimum atomic E-state index is -0.413. The van der Waals surface area contributed by atoms with Gasteiger partial charge in [-0.3, -0.25) is 14.2 Å². The highest BCUT2D eigenvalue weighted by atomic mass is 32.2. The molecular weight excluding hydrogens is 440 g/mol. The Morgan fingerprint density at radius 3 is 2.88 bits per heavy atom. The Bertz CT molecular complexity index is 1260. The Morgan fingerprint density at radius 2 is 2.06 bits per heavy atom. The average Bonchev–Trinajstić information content (AvgIpc) is 3.37. The number of ketones is 1. The van der Waals surface area contributed by atoms with Crippen LogP contribution in [0.1, 0.15) is 27.8 Å². The van der Waals surface area contributed by atoms with Crippen LogP contribution in [0, 0.1) is 0 Å². The quantitative estimate of drug-likeness (QED) is 0.302. The van der Waals surface area contributed by atoms with Gasteiger partial charge in [-0.05, 0) is 35.9 Å². The van der Waals surface area contributed by atoms with E-state index in [1.165, 1.54) is 11.8 Å². The molecule has 8 nitrogen and oxygen atoms in total. The number of aromatic nitrogens is 3. The molecule has 2 aliphatic heterocycles. The highest BCUT2D eigenvalue weighted by Crippen LogP contribution is 2.36. The number of fused-ring (bicyclic) bond motifs is 2. The maximum absolute atomic E-state index is 12.9. The highest BCUT2D eigenvalue weighted by Gasteiger charge is 2.29. The van der Waals surface area contributed by atoms with Crippen molar-refractivity contribution in [2.45, 2.75) is 24.2 Å². The molecule has 33 heavy (non-hydrogen) atoms. The summed E-state index contributed by atoms with van der Waals surface area (Å²) >= 11 is 1.31. The number of thioether (sulfide) groups is 1. The van der Waals surface area contributed by atoms with E-state index in [4.69, 9.17) is 9.47 Å². The summed E-state index contributed by atoms with van der Waals surface area (Å²) < 4.78 is 13.8. The van der Waals surface area contributed by atoms with Gasteiger partial charge in [0.15, 0.2) is 34.4 Å². The van der Waals surface area contributed by atoms with Crippen LogP contribution in [-0.4, -0.2) is 45.9 Å². The van der Waals surface area contributed by atoms with Gasteiger partial charge in [-0.15, -0.1) is 16.8 Å². The fraction of sp³-hybridized carbons (Fsp3) is 0.250. The molecule has 1 unspecified atom stereocenters. The van der Waals surface area contributed by atoms with Crippen LogP contribution in [0.25, 0.3) is 0 Å². The molecule has 2 aromatic carbocycles. The van der Waals surface area contributed by atoms with Crippen molar-refractivity contribution in [2.75, 3.05) is 24.3 Å². The minimum Gasteiger partial charge on any atom is -0.485 e. The van der Waals surface area contributed by atoms with Crippen LogP contribution in [-0.2, 0) is 17.8 Å². The lowest BCUT2D eigenvalue weighted by atomic mass is 10.1. The first kappa shape index (κ1) is 21.3. The van der Waals surface area contributed by atoms with Crippen molar-refractivity contribution >= 4 is 29.1 Å². The van der Waals surface area contributed by atoms with Gasteiger partial charge in [-0.1, -0.05) is 30.0 Å². The van der Waals surface area contributed by atoms with Crippen molar-refractivity contribution in [3.05, 3.63) is 72.1 Å². The van der Waals surface area contributed by atoms with Crippen LogP contribution in [0.2, 0.25) is 0 Å². The second-order valence-electron chi connectivity index (χ2n) is 7.79. The van der Waals surface area contributed by atoms with Gasteiger partial charge in [0.25, 0.3) is 0 Å². The molecule has 168 valence electrons. The largest absolute Gasteiger partial charge is 0.485 e. The fourth-order valence-electron chi connectivity index (χ4n) is 3.95. The predicted octanol–water partition coefficient (Wildman–Crippen LogP) is 3.47. The molecule has 0 saturated heterocycles. The van der Waals surface area contributed by atoms with Gasteiger partial charge < -0.3 is 14.4 Å². The van der Waals surface area contributed by atoms with Gasteiger partial charge in [0.2, 0.25) is 5.91 Å². The molecule has 1 aromatic heterocycles. The third kappa shape index (κ3) is 4.00. The van der Waals surface area contributed by atoms with E-state index in [1.54, 1.807) is 24.1 Å². The predicted molar refractivity (Wildman–Crippen MR) is 124 cm³/mol. The van der Waals surface area contributed by atoms with Gasteiger partial charge in [0, 0.05) is 24.8 Å². The Labute approximate surface area is 195 Å². The first-order chi connectivity index (χ1) is 16.0. The van der Waals surface area contributed by atoms with Gasteiger partial charge in [0.1, 0.15) is 6.61 Å². The number of ether oxygens (including phenoxy) is 2. The summed E-state index contributed by atoms with van der Waals surface area (Å²) in [7, 11) is 1.75. The summed E-state index contributed by atoms with van der Waals surface area (Å²) in [5.41, 5.74) is 2.32. The SMILES string of the molecule is C=CCn1c(SCC(=O)c2ccc3c(c2)CC(=O)N3C)nnc1C1COc2ccccc2O1. The number of nitrogens with zero attached hydrogens (tertiary/aromatic N) is 4. The molecule has 3 aromatic rings. The van der Waals surface area contributed by atoms with E-state index >= 15 is 0 Å². The molecule has 9 heteroatoms. The van der Waals surface area contributed by atoms with Crippen molar-refractivity contribution in [2.24, 2.45) is 0 Å². The smallest absolute Gasteiger partial charge is 0.231 e. The number of para-hydroxylation sites is 2. The Hall–Kier alpha value is -3.59. The van der Waals surface area contributed by atoms with Gasteiger partial charge >= 0.3 is 0 Å². The van der Waals surface area contributed by atoms with Crippen molar-refractivity contribution < 1.29 is 19.1 Å². The zero-order valence-electron chi connectivity index (χ0n) is 18.1.